The van der Waals surface area contributed by atoms with Gasteiger partial charge in [0.15, 0.2) is 0 Å². The summed E-state index contributed by atoms with van der Waals surface area (Å²) in [6, 6.07) is 5.70. The zero-order valence-corrected chi connectivity index (χ0v) is 13.0. The molecule has 112 valence electrons. The summed E-state index contributed by atoms with van der Waals surface area (Å²) in [6.45, 7) is 9.10. The van der Waals surface area contributed by atoms with Crippen molar-refractivity contribution in [3.05, 3.63) is 23.8 Å². The van der Waals surface area contributed by atoms with Crippen LogP contribution in [0.3, 0.4) is 0 Å². The normalized spacial score (nSPS) is 12.2. The molecule has 1 aromatic carbocycles. The van der Waals surface area contributed by atoms with Gasteiger partial charge in [-0.2, -0.15) is 0 Å². The first-order valence-corrected chi connectivity index (χ1v) is 7.38. The molecule has 0 saturated heterocycles. The number of hydrogen-bond donors (Lipinski definition) is 3. The smallest absolute Gasteiger partial charge is 0.251 e. The molecular weight excluding hydrogens is 250 g/mol. The van der Waals surface area contributed by atoms with Gasteiger partial charge in [0.1, 0.15) is 0 Å². The van der Waals surface area contributed by atoms with Crippen LogP contribution in [0.1, 0.15) is 50.9 Å². The summed E-state index contributed by atoms with van der Waals surface area (Å²) in [4.78, 5) is 11.8. The first kappa shape index (κ1) is 16.3. The molecule has 1 amide bonds. The summed E-state index contributed by atoms with van der Waals surface area (Å²) >= 11 is 0. The van der Waals surface area contributed by atoms with E-state index in [4.69, 9.17) is 5.73 Å². The number of benzene rings is 1. The Hall–Kier alpha value is -1.71. The summed E-state index contributed by atoms with van der Waals surface area (Å²) in [5.74, 6) is 0.628. The van der Waals surface area contributed by atoms with E-state index in [1.165, 1.54) is 6.42 Å². The lowest BCUT2D eigenvalue weighted by Gasteiger charge is -2.18. The molecule has 1 rings (SSSR count). The lowest BCUT2D eigenvalue weighted by Crippen LogP contribution is -2.23. The molecule has 0 heterocycles. The van der Waals surface area contributed by atoms with E-state index < -0.39 is 0 Å². The first-order chi connectivity index (χ1) is 9.43. The van der Waals surface area contributed by atoms with Crippen molar-refractivity contribution in [2.75, 3.05) is 17.6 Å². The van der Waals surface area contributed by atoms with Crippen LogP contribution in [0.2, 0.25) is 0 Å². The van der Waals surface area contributed by atoms with Gasteiger partial charge in [0.2, 0.25) is 0 Å². The molecular formula is C16H27N3O. The van der Waals surface area contributed by atoms with Crippen LogP contribution in [0.4, 0.5) is 11.4 Å². The Kier molecular flexibility index (Phi) is 6.36. The van der Waals surface area contributed by atoms with Gasteiger partial charge in [0.05, 0.1) is 11.4 Å². The van der Waals surface area contributed by atoms with Gasteiger partial charge in [0.25, 0.3) is 5.91 Å². The highest BCUT2D eigenvalue weighted by molar-refractivity contribution is 5.96. The van der Waals surface area contributed by atoms with Crippen LogP contribution in [0, 0.1) is 5.92 Å². The summed E-state index contributed by atoms with van der Waals surface area (Å²) in [6.07, 6.45) is 2.26. The van der Waals surface area contributed by atoms with Gasteiger partial charge < -0.3 is 16.4 Å². The Morgan fingerprint density at radius 1 is 1.25 bits per heavy atom. The molecule has 0 aliphatic carbocycles. The molecule has 1 atom stereocenters. The zero-order valence-electron chi connectivity index (χ0n) is 13.0. The largest absolute Gasteiger partial charge is 0.397 e. The topological polar surface area (TPSA) is 67.2 Å². The van der Waals surface area contributed by atoms with E-state index in [-0.39, 0.29) is 5.91 Å². The molecule has 20 heavy (non-hydrogen) atoms. The Balaban J connectivity index is 2.73. The van der Waals surface area contributed by atoms with Crippen molar-refractivity contribution in [1.82, 2.24) is 5.32 Å². The van der Waals surface area contributed by atoms with E-state index in [1.54, 1.807) is 12.1 Å². The lowest BCUT2D eigenvalue weighted by atomic mass is 10.0. The summed E-state index contributed by atoms with van der Waals surface area (Å²) < 4.78 is 0. The van der Waals surface area contributed by atoms with Crippen molar-refractivity contribution in [3.63, 3.8) is 0 Å². The van der Waals surface area contributed by atoms with Crippen molar-refractivity contribution in [1.29, 1.82) is 0 Å². The van der Waals surface area contributed by atoms with Gasteiger partial charge in [-0.15, -0.1) is 0 Å². The van der Waals surface area contributed by atoms with E-state index >= 15 is 0 Å². The number of nitrogens with two attached hydrogens (primary N) is 1. The minimum atomic E-state index is -0.0645. The fourth-order valence-corrected chi connectivity index (χ4v) is 2.01. The predicted molar refractivity (Wildman–Crippen MR) is 86.0 cm³/mol. The monoisotopic (exact) mass is 277 g/mol. The Morgan fingerprint density at radius 2 is 1.95 bits per heavy atom. The van der Waals surface area contributed by atoms with Crippen LogP contribution in [-0.4, -0.2) is 18.5 Å². The van der Waals surface area contributed by atoms with Crippen molar-refractivity contribution in [3.8, 4) is 0 Å². The number of nitrogens with one attached hydrogen (secondary N) is 2. The number of carbonyl (C=O) groups is 1. The molecule has 0 bridgehead atoms. The fourth-order valence-electron chi connectivity index (χ4n) is 2.01. The van der Waals surface area contributed by atoms with Crippen LogP contribution < -0.4 is 16.4 Å². The quantitative estimate of drug-likeness (QED) is 0.670. The van der Waals surface area contributed by atoms with E-state index in [1.807, 2.05) is 13.0 Å². The van der Waals surface area contributed by atoms with Gasteiger partial charge >= 0.3 is 0 Å². The number of rotatable bonds is 7. The van der Waals surface area contributed by atoms with Crippen molar-refractivity contribution in [2.45, 2.75) is 46.6 Å². The minimum Gasteiger partial charge on any atom is -0.397 e. The Bertz CT molecular complexity index is 443. The standard InChI is InChI=1S/C16H27N3O/c1-5-18-16(20)13-8-9-14(17)15(10-13)19-12(4)7-6-11(2)3/h8-12,19H,5-7,17H2,1-4H3,(H,18,20). The maximum Gasteiger partial charge on any atom is 0.251 e. The third-order valence-corrected chi connectivity index (χ3v) is 3.23. The predicted octanol–water partition coefficient (Wildman–Crippen LogP) is 3.26. The molecule has 0 saturated carbocycles. The number of amides is 1. The maximum atomic E-state index is 11.8. The van der Waals surface area contributed by atoms with E-state index in [2.05, 4.69) is 31.4 Å². The molecule has 1 unspecified atom stereocenters. The minimum absolute atomic E-state index is 0.0645. The van der Waals surface area contributed by atoms with Crippen LogP contribution in [-0.2, 0) is 0 Å². The zero-order chi connectivity index (χ0) is 15.1. The summed E-state index contributed by atoms with van der Waals surface area (Å²) in [7, 11) is 0. The second kappa shape index (κ2) is 7.78. The second-order valence-electron chi connectivity index (χ2n) is 5.68. The van der Waals surface area contributed by atoms with E-state index in [0.717, 1.165) is 12.1 Å². The molecule has 4 heteroatoms. The third-order valence-electron chi connectivity index (χ3n) is 3.23. The van der Waals surface area contributed by atoms with Gasteiger partial charge in [-0.1, -0.05) is 13.8 Å². The maximum absolute atomic E-state index is 11.8. The number of nitrogen functional groups attached to an aromatic ring is 1. The van der Waals surface area contributed by atoms with Crippen LogP contribution in [0.15, 0.2) is 18.2 Å². The number of hydrogen-bond acceptors (Lipinski definition) is 3. The summed E-state index contributed by atoms with van der Waals surface area (Å²) in [5.41, 5.74) is 8.13. The fraction of sp³-hybridized carbons (Fsp3) is 0.562. The van der Waals surface area contributed by atoms with Gasteiger partial charge in [-0.3, -0.25) is 4.79 Å². The Labute approximate surface area is 122 Å². The first-order valence-electron chi connectivity index (χ1n) is 7.38. The van der Waals surface area contributed by atoms with E-state index in [0.29, 0.717) is 29.8 Å². The Morgan fingerprint density at radius 3 is 2.55 bits per heavy atom. The van der Waals surface area contributed by atoms with Gasteiger partial charge in [0, 0.05) is 18.2 Å². The molecule has 4 nitrogen and oxygen atoms in total. The van der Waals surface area contributed by atoms with Gasteiger partial charge in [-0.25, -0.2) is 0 Å². The average Bonchev–Trinajstić information content (AvgIpc) is 2.39. The molecule has 0 aliphatic heterocycles. The number of anilines is 2. The van der Waals surface area contributed by atoms with Crippen LogP contribution in [0.5, 0.6) is 0 Å². The van der Waals surface area contributed by atoms with E-state index in [9.17, 15) is 4.79 Å². The van der Waals surface area contributed by atoms with Crippen molar-refractivity contribution >= 4 is 17.3 Å². The summed E-state index contributed by atoms with van der Waals surface area (Å²) in [5, 5.41) is 6.19. The third kappa shape index (κ3) is 5.11. The highest BCUT2D eigenvalue weighted by atomic mass is 16.1. The SMILES string of the molecule is CCNC(=O)c1ccc(N)c(NC(C)CCC(C)C)c1. The van der Waals surface area contributed by atoms with Crippen molar-refractivity contribution in [2.24, 2.45) is 5.92 Å². The molecule has 0 fully saturated rings. The lowest BCUT2D eigenvalue weighted by molar-refractivity contribution is 0.0956. The molecule has 0 aliphatic rings. The molecule has 0 spiro atoms. The second-order valence-corrected chi connectivity index (χ2v) is 5.68. The highest BCUT2D eigenvalue weighted by Crippen LogP contribution is 2.22. The molecule has 0 radical (unpaired) electrons. The average molecular weight is 277 g/mol. The number of carbonyl (C=O) groups excluding carboxylic acids is 1. The van der Waals surface area contributed by atoms with Crippen LogP contribution in [0.25, 0.3) is 0 Å². The van der Waals surface area contributed by atoms with Gasteiger partial charge in [-0.05, 0) is 50.8 Å². The molecule has 4 N–H and O–H groups in total. The molecule has 0 aromatic heterocycles. The highest BCUT2D eigenvalue weighted by Gasteiger charge is 2.10. The van der Waals surface area contributed by atoms with Crippen LogP contribution >= 0.6 is 0 Å². The van der Waals surface area contributed by atoms with Crippen molar-refractivity contribution < 1.29 is 4.79 Å². The molecule has 1 aromatic rings.